The van der Waals surface area contributed by atoms with E-state index in [1.54, 1.807) is 13.3 Å². The van der Waals surface area contributed by atoms with Gasteiger partial charge in [-0.15, -0.1) is 0 Å². The fourth-order valence-corrected chi connectivity index (χ4v) is 3.62. The van der Waals surface area contributed by atoms with Crippen molar-refractivity contribution in [3.05, 3.63) is 53.7 Å². The second kappa shape index (κ2) is 9.10. The van der Waals surface area contributed by atoms with Gasteiger partial charge in [0, 0.05) is 65.5 Å². The van der Waals surface area contributed by atoms with E-state index in [1.807, 2.05) is 42.1 Å². The van der Waals surface area contributed by atoms with Crippen LogP contribution in [0, 0.1) is 11.7 Å². The third-order valence-corrected chi connectivity index (χ3v) is 5.11. The Morgan fingerprint density at radius 1 is 1.18 bits per heavy atom. The molecule has 150 valence electrons. The molecule has 2 aromatic rings. The van der Waals surface area contributed by atoms with Crippen molar-refractivity contribution in [3.63, 3.8) is 0 Å². The van der Waals surface area contributed by atoms with Crippen molar-refractivity contribution in [1.82, 2.24) is 19.8 Å². The van der Waals surface area contributed by atoms with Crippen LogP contribution in [-0.2, 0) is 17.8 Å². The van der Waals surface area contributed by atoms with Gasteiger partial charge in [0.15, 0.2) is 0 Å². The number of halogens is 1. The first kappa shape index (κ1) is 20.2. The first-order valence-electron chi connectivity index (χ1n) is 9.61. The molecule has 0 bridgehead atoms. The van der Waals surface area contributed by atoms with Crippen molar-refractivity contribution in [3.8, 4) is 0 Å². The van der Waals surface area contributed by atoms with Crippen molar-refractivity contribution < 1.29 is 9.18 Å². The average Bonchev–Trinajstić information content (AvgIpc) is 2.86. The summed E-state index contributed by atoms with van der Waals surface area (Å²) in [5.74, 6) is 1.04. The zero-order chi connectivity index (χ0) is 20.1. The number of carbonyl (C=O) groups excluding carboxylic acids is 1. The molecule has 1 amide bonds. The van der Waals surface area contributed by atoms with Crippen LogP contribution < -0.4 is 4.90 Å². The second-order valence-corrected chi connectivity index (χ2v) is 7.66. The molecule has 1 aromatic heterocycles. The number of nitrogens with zero attached hydrogens (tertiary/aromatic N) is 5. The normalized spacial score (nSPS) is 18.0. The Balaban J connectivity index is 1.73. The van der Waals surface area contributed by atoms with E-state index in [4.69, 9.17) is 0 Å². The molecule has 0 N–H and O–H groups in total. The second-order valence-electron chi connectivity index (χ2n) is 7.66. The van der Waals surface area contributed by atoms with Gasteiger partial charge in [-0.2, -0.15) is 0 Å². The average molecular weight is 385 g/mol. The van der Waals surface area contributed by atoms with Gasteiger partial charge in [-0.25, -0.2) is 14.4 Å². The van der Waals surface area contributed by atoms with Crippen molar-refractivity contribution in [2.75, 3.05) is 45.2 Å². The van der Waals surface area contributed by atoms with Crippen LogP contribution in [0.5, 0.6) is 0 Å². The highest BCUT2D eigenvalue weighted by atomic mass is 19.1. The predicted molar refractivity (Wildman–Crippen MR) is 107 cm³/mol. The van der Waals surface area contributed by atoms with Crippen LogP contribution in [0.3, 0.4) is 0 Å². The molecule has 1 unspecified atom stereocenters. The van der Waals surface area contributed by atoms with E-state index >= 15 is 0 Å². The van der Waals surface area contributed by atoms with Crippen LogP contribution >= 0.6 is 0 Å². The lowest BCUT2D eigenvalue weighted by Crippen LogP contribution is -2.34. The lowest BCUT2D eigenvalue weighted by atomic mass is 10.0. The highest BCUT2D eigenvalue weighted by Gasteiger charge is 2.25. The molecule has 7 heteroatoms. The topological polar surface area (TPSA) is 52.6 Å². The third-order valence-electron chi connectivity index (χ3n) is 5.11. The Morgan fingerprint density at radius 2 is 1.93 bits per heavy atom. The Labute approximate surface area is 166 Å². The summed E-state index contributed by atoms with van der Waals surface area (Å²) in [7, 11) is 3.92. The summed E-state index contributed by atoms with van der Waals surface area (Å²) in [5, 5.41) is 0. The summed E-state index contributed by atoms with van der Waals surface area (Å²) < 4.78 is 13.2. The molecule has 1 atom stereocenters. The lowest BCUT2D eigenvalue weighted by Gasteiger charge is -2.24. The first-order valence-corrected chi connectivity index (χ1v) is 9.61. The van der Waals surface area contributed by atoms with E-state index in [1.165, 1.54) is 12.1 Å². The molecule has 1 aliphatic rings. The minimum absolute atomic E-state index is 0.102. The largest absolute Gasteiger partial charge is 0.363 e. The molecular formula is C21H28FN5O. The number of hydrogen-bond donors (Lipinski definition) is 0. The minimum Gasteiger partial charge on any atom is -0.363 e. The quantitative estimate of drug-likeness (QED) is 0.790. The van der Waals surface area contributed by atoms with Crippen molar-refractivity contribution in [1.29, 1.82) is 0 Å². The smallest absolute Gasteiger partial charge is 0.219 e. The molecule has 1 aliphatic heterocycles. The lowest BCUT2D eigenvalue weighted by molar-refractivity contribution is -0.129. The molecule has 3 rings (SSSR count). The maximum absolute atomic E-state index is 13.2. The maximum atomic E-state index is 13.2. The number of amides is 1. The molecule has 6 nitrogen and oxygen atoms in total. The van der Waals surface area contributed by atoms with Crippen molar-refractivity contribution >= 4 is 11.7 Å². The molecule has 0 radical (unpaired) electrons. The number of carbonyl (C=O) groups is 1. The van der Waals surface area contributed by atoms with E-state index in [0.29, 0.717) is 6.54 Å². The van der Waals surface area contributed by atoms with Gasteiger partial charge in [-0.05, 0) is 30.0 Å². The molecule has 28 heavy (non-hydrogen) atoms. The summed E-state index contributed by atoms with van der Waals surface area (Å²) in [6, 6.07) is 8.65. The molecule has 2 heterocycles. The molecular weight excluding hydrogens is 357 g/mol. The minimum atomic E-state index is -0.222. The van der Waals surface area contributed by atoms with Gasteiger partial charge in [0.1, 0.15) is 18.0 Å². The van der Waals surface area contributed by atoms with Crippen LogP contribution in [0.25, 0.3) is 0 Å². The summed E-state index contributed by atoms with van der Waals surface area (Å²) in [4.78, 5) is 27.0. The monoisotopic (exact) mass is 385 g/mol. The number of benzene rings is 1. The Morgan fingerprint density at radius 3 is 2.61 bits per heavy atom. The zero-order valence-corrected chi connectivity index (χ0v) is 16.8. The third kappa shape index (κ3) is 5.48. The van der Waals surface area contributed by atoms with Crippen LogP contribution in [-0.4, -0.2) is 65.9 Å². The standard InChI is InChI=1S/C21H28FN5O/c1-16(28)27-9-8-26(12-17-4-6-19(22)7-5-17)13-18(14-27)10-20-11-21(25(2)3)24-15-23-20/h4-7,11,15,18H,8-10,12-14H2,1-3H3. The maximum Gasteiger partial charge on any atom is 0.219 e. The summed E-state index contributed by atoms with van der Waals surface area (Å²) in [6.07, 6.45) is 2.38. The van der Waals surface area contributed by atoms with Gasteiger partial charge in [-0.1, -0.05) is 12.1 Å². The summed E-state index contributed by atoms with van der Waals surface area (Å²) >= 11 is 0. The molecule has 1 fully saturated rings. The van der Waals surface area contributed by atoms with Gasteiger partial charge in [0.2, 0.25) is 5.91 Å². The predicted octanol–water partition coefficient (Wildman–Crippen LogP) is 2.20. The van der Waals surface area contributed by atoms with Crippen molar-refractivity contribution in [2.45, 2.75) is 19.9 Å². The Bertz CT molecular complexity index is 796. The fraction of sp³-hybridized carbons (Fsp3) is 0.476. The molecule has 1 aromatic carbocycles. The van der Waals surface area contributed by atoms with Crippen molar-refractivity contribution in [2.24, 2.45) is 5.92 Å². The number of rotatable bonds is 5. The molecule has 0 spiro atoms. The summed E-state index contributed by atoms with van der Waals surface area (Å²) in [5.41, 5.74) is 2.06. The van der Waals surface area contributed by atoms with Crippen LogP contribution in [0.1, 0.15) is 18.2 Å². The molecule has 1 saturated heterocycles. The van der Waals surface area contributed by atoms with E-state index in [2.05, 4.69) is 14.9 Å². The highest BCUT2D eigenvalue weighted by molar-refractivity contribution is 5.73. The van der Waals surface area contributed by atoms with Crippen LogP contribution in [0.15, 0.2) is 36.7 Å². The zero-order valence-electron chi connectivity index (χ0n) is 16.8. The Hall–Kier alpha value is -2.54. The fourth-order valence-electron chi connectivity index (χ4n) is 3.62. The highest BCUT2D eigenvalue weighted by Crippen LogP contribution is 2.18. The molecule has 0 aliphatic carbocycles. The van der Waals surface area contributed by atoms with Gasteiger partial charge >= 0.3 is 0 Å². The number of anilines is 1. The van der Waals surface area contributed by atoms with Gasteiger partial charge < -0.3 is 9.80 Å². The number of hydrogen-bond acceptors (Lipinski definition) is 5. The van der Waals surface area contributed by atoms with E-state index in [-0.39, 0.29) is 17.6 Å². The SMILES string of the molecule is CC(=O)N1CCN(Cc2ccc(F)cc2)CC(Cc2cc(N(C)C)ncn2)C1. The van der Waals surface area contributed by atoms with E-state index < -0.39 is 0 Å². The molecule has 0 saturated carbocycles. The number of aromatic nitrogens is 2. The Kier molecular flexibility index (Phi) is 6.57. The summed E-state index contributed by atoms with van der Waals surface area (Å²) in [6.45, 7) is 5.47. The van der Waals surface area contributed by atoms with E-state index in [0.717, 1.165) is 49.7 Å². The van der Waals surface area contributed by atoms with Gasteiger partial charge in [0.25, 0.3) is 0 Å². The first-order chi connectivity index (χ1) is 13.4. The van der Waals surface area contributed by atoms with Gasteiger partial charge in [0.05, 0.1) is 0 Å². The van der Waals surface area contributed by atoms with Crippen LogP contribution in [0.4, 0.5) is 10.2 Å². The van der Waals surface area contributed by atoms with Gasteiger partial charge in [-0.3, -0.25) is 9.69 Å². The van der Waals surface area contributed by atoms with E-state index in [9.17, 15) is 9.18 Å². The van der Waals surface area contributed by atoms with Crippen LogP contribution in [0.2, 0.25) is 0 Å².